The van der Waals surface area contributed by atoms with Gasteiger partial charge in [0.2, 0.25) is 5.91 Å². The van der Waals surface area contributed by atoms with E-state index in [0.29, 0.717) is 12.3 Å². The maximum Gasteiger partial charge on any atom is 0.228 e. The minimum atomic E-state index is 0.0374. The molecule has 0 saturated carbocycles. The van der Waals surface area contributed by atoms with Gasteiger partial charge in [0, 0.05) is 5.56 Å². The molecule has 1 aliphatic heterocycles. The molecule has 1 aliphatic rings. The number of para-hydroxylation sites is 1. The van der Waals surface area contributed by atoms with Crippen molar-refractivity contribution in [2.24, 2.45) is 0 Å². The third kappa shape index (κ3) is 2.61. The van der Waals surface area contributed by atoms with Crippen LogP contribution in [-0.4, -0.2) is 10.8 Å². The Labute approximate surface area is 130 Å². The Morgan fingerprint density at radius 2 is 1.86 bits per heavy atom. The molecule has 1 N–H and O–H groups in total. The van der Waals surface area contributed by atoms with E-state index in [-0.39, 0.29) is 5.91 Å². The van der Waals surface area contributed by atoms with E-state index in [1.54, 1.807) is 0 Å². The zero-order valence-corrected chi connectivity index (χ0v) is 13.0. The number of benzene rings is 2. The van der Waals surface area contributed by atoms with Crippen LogP contribution in [0.15, 0.2) is 42.5 Å². The highest BCUT2D eigenvalue weighted by atomic mass is 32.1. The normalized spacial score (nSPS) is 13.2. The lowest BCUT2D eigenvalue weighted by Crippen LogP contribution is -2.08. The van der Waals surface area contributed by atoms with Gasteiger partial charge in [0.1, 0.15) is 0 Å². The molecule has 2 aromatic rings. The van der Waals surface area contributed by atoms with Gasteiger partial charge in [0.15, 0.2) is 0 Å². The standard InChI is InChI=1S/C18H17NOS/c1-11(2)12-6-8-13(9-7-12)18(21)15-5-3-4-14-10-16(20)19-17(14)15/h3-9,11H,10H2,1-2H3,(H,19,20). The van der Waals surface area contributed by atoms with Crippen LogP contribution in [0.5, 0.6) is 0 Å². The highest BCUT2D eigenvalue weighted by Crippen LogP contribution is 2.29. The van der Waals surface area contributed by atoms with Crippen LogP contribution in [-0.2, 0) is 11.2 Å². The summed E-state index contributed by atoms with van der Waals surface area (Å²) >= 11 is 5.62. The molecule has 0 bridgehead atoms. The van der Waals surface area contributed by atoms with Crippen molar-refractivity contribution >= 4 is 28.7 Å². The summed E-state index contributed by atoms with van der Waals surface area (Å²) in [5.74, 6) is 0.545. The summed E-state index contributed by atoms with van der Waals surface area (Å²) in [5.41, 5.74) is 5.15. The van der Waals surface area contributed by atoms with Gasteiger partial charge in [-0.1, -0.05) is 68.5 Å². The first-order chi connectivity index (χ1) is 10.1. The van der Waals surface area contributed by atoms with Crippen LogP contribution in [0.1, 0.15) is 42.0 Å². The maximum absolute atomic E-state index is 11.6. The van der Waals surface area contributed by atoms with E-state index in [2.05, 4.69) is 43.4 Å². The molecule has 21 heavy (non-hydrogen) atoms. The minimum absolute atomic E-state index is 0.0374. The van der Waals surface area contributed by atoms with Crippen molar-refractivity contribution in [3.63, 3.8) is 0 Å². The molecule has 2 nitrogen and oxygen atoms in total. The second kappa shape index (κ2) is 5.41. The van der Waals surface area contributed by atoms with Crippen molar-refractivity contribution in [1.29, 1.82) is 0 Å². The summed E-state index contributed by atoms with van der Waals surface area (Å²) < 4.78 is 0. The van der Waals surface area contributed by atoms with Gasteiger partial charge in [0.05, 0.1) is 17.0 Å². The van der Waals surface area contributed by atoms with E-state index in [9.17, 15) is 4.79 Å². The van der Waals surface area contributed by atoms with Crippen molar-refractivity contribution in [2.75, 3.05) is 5.32 Å². The Morgan fingerprint density at radius 1 is 1.14 bits per heavy atom. The Balaban J connectivity index is 1.96. The number of thiocarbonyl (C=S) groups is 1. The van der Waals surface area contributed by atoms with E-state index >= 15 is 0 Å². The number of amides is 1. The SMILES string of the molecule is CC(C)c1ccc(C(=S)c2cccc3c2NC(=O)C3)cc1. The van der Waals surface area contributed by atoms with Gasteiger partial charge in [-0.2, -0.15) is 0 Å². The van der Waals surface area contributed by atoms with Crippen LogP contribution < -0.4 is 5.32 Å². The van der Waals surface area contributed by atoms with E-state index in [0.717, 1.165) is 27.2 Å². The third-order valence-electron chi connectivity index (χ3n) is 3.85. The van der Waals surface area contributed by atoms with E-state index in [1.165, 1.54) is 5.56 Å². The van der Waals surface area contributed by atoms with Crippen LogP contribution in [0.2, 0.25) is 0 Å². The molecule has 0 unspecified atom stereocenters. The van der Waals surface area contributed by atoms with Crippen molar-refractivity contribution in [3.05, 3.63) is 64.7 Å². The molecule has 3 rings (SSSR count). The smallest absolute Gasteiger partial charge is 0.228 e. The van der Waals surface area contributed by atoms with Crippen LogP contribution in [0.25, 0.3) is 0 Å². The van der Waals surface area contributed by atoms with E-state index in [4.69, 9.17) is 12.2 Å². The Bertz CT molecular complexity index is 716. The number of anilines is 1. The molecule has 0 spiro atoms. The fraction of sp³-hybridized carbons (Fsp3) is 0.222. The average molecular weight is 295 g/mol. The predicted molar refractivity (Wildman–Crippen MR) is 90.1 cm³/mol. The van der Waals surface area contributed by atoms with Gasteiger partial charge in [-0.3, -0.25) is 4.79 Å². The van der Waals surface area contributed by atoms with Gasteiger partial charge < -0.3 is 5.32 Å². The van der Waals surface area contributed by atoms with Crippen LogP contribution in [0.4, 0.5) is 5.69 Å². The molecular weight excluding hydrogens is 278 g/mol. The molecule has 0 aromatic heterocycles. The largest absolute Gasteiger partial charge is 0.325 e. The average Bonchev–Trinajstić information content (AvgIpc) is 2.86. The lowest BCUT2D eigenvalue weighted by molar-refractivity contribution is -0.115. The van der Waals surface area contributed by atoms with Crippen LogP contribution >= 0.6 is 12.2 Å². The van der Waals surface area contributed by atoms with Gasteiger partial charge in [-0.15, -0.1) is 0 Å². The molecule has 0 atom stereocenters. The van der Waals surface area contributed by atoms with Gasteiger partial charge in [-0.25, -0.2) is 0 Å². The first-order valence-corrected chi connectivity index (χ1v) is 7.53. The predicted octanol–water partition coefficient (Wildman–Crippen LogP) is 4.07. The monoisotopic (exact) mass is 295 g/mol. The summed E-state index contributed by atoms with van der Waals surface area (Å²) in [4.78, 5) is 12.4. The van der Waals surface area contributed by atoms with E-state index < -0.39 is 0 Å². The minimum Gasteiger partial charge on any atom is -0.325 e. The van der Waals surface area contributed by atoms with Crippen LogP contribution in [0.3, 0.4) is 0 Å². The summed E-state index contributed by atoms with van der Waals surface area (Å²) in [6.07, 6.45) is 0.443. The zero-order valence-electron chi connectivity index (χ0n) is 12.1. The number of carbonyl (C=O) groups is 1. The number of hydrogen-bond donors (Lipinski definition) is 1. The van der Waals surface area contributed by atoms with Crippen molar-refractivity contribution in [3.8, 4) is 0 Å². The molecule has 1 heterocycles. The van der Waals surface area contributed by atoms with Crippen molar-refractivity contribution in [1.82, 2.24) is 0 Å². The summed E-state index contributed by atoms with van der Waals surface area (Å²) in [6.45, 7) is 4.35. The molecule has 2 aromatic carbocycles. The summed E-state index contributed by atoms with van der Waals surface area (Å²) in [7, 11) is 0. The molecule has 106 valence electrons. The summed E-state index contributed by atoms with van der Waals surface area (Å²) in [6, 6.07) is 14.3. The molecular formula is C18H17NOS. The lowest BCUT2D eigenvalue weighted by atomic mass is 9.97. The fourth-order valence-corrected chi connectivity index (χ4v) is 2.92. The Hall–Kier alpha value is -2.00. The van der Waals surface area contributed by atoms with Crippen molar-refractivity contribution in [2.45, 2.75) is 26.2 Å². The quantitative estimate of drug-likeness (QED) is 0.683. The Morgan fingerprint density at radius 3 is 2.52 bits per heavy atom. The maximum atomic E-state index is 11.6. The van der Waals surface area contributed by atoms with Gasteiger partial charge in [-0.05, 0) is 22.6 Å². The topological polar surface area (TPSA) is 29.1 Å². The highest BCUT2D eigenvalue weighted by molar-refractivity contribution is 7.81. The summed E-state index contributed by atoms with van der Waals surface area (Å²) in [5, 5.41) is 2.92. The number of fused-ring (bicyclic) bond motifs is 1. The van der Waals surface area contributed by atoms with Gasteiger partial charge in [0.25, 0.3) is 0 Å². The molecule has 0 radical (unpaired) electrons. The van der Waals surface area contributed by atoms with Crippen LogP contribution in [0, 0.1) is 0 Å². The van der Waals surface area contributed by atoms with Gasteiger partial charge >= 0.3 is 0 Å². The zero-order chi connectivity index (χ0) is 15.0. The first-order valence-electron chi connectivity index (χ1n) is 7.12. The molecule has 3 heteroatoms. The molecule has 0 aliphatic carbocycles. The van der Waals surface area contributed by atoms with E-state index in [1.807, 2.05) is 18.2 Å². The highest BCUT2D eigenvalue weighted by Gasteiger charge is 2.22. The lowest BCUT2D eigenvalue weighted by Gasteiger charge is -2.11. The number of nitrogens with one attached hydrogen (secondary N) is 1. The molecule has 1 amide bonds. The molecule has 0 fully saturated rings. The molecule has 0 saturated heterocycles. The third-order valence-corrected chi connectivity index (χ3v) is 4.31. The number of rotatable bonds is 3. The van der Waals surface area contributed by atoms with Crippen molar-refractivity contribution < 1.29 is 4.79 Å². The number of hydrogen-bond acceptors (Lipinski definition) is 2. The second-order valence-corrected chi connectivity index (χ2v) is 6.08. The second-order valence-electron chi connectivity index (χ2n) is 5.67. The Kier molecular flexibility index (Phi) is 3.60. The first kappa shape index (κ1) is 14.0. The number of carbonyl (C=O) groups excluding carboxylic acids is 1. The fourth-order valence-electron chi connectivity index (χ4n) is 2.62.